The van der Waals surface area contributed by atoms with Crippen molar-refractivity contribution >= 4 is 15.9 Å². The van der Waals surface area contributed by atoms with Crippen LogP contribution in [0.4, 0.5) is 8.78 Å². The Hall–Kier alpha value is 0.340. The van der Waals surface area contributed by atoms with Gasteiger partial charge >= 0.3 is 0 Å². The molecule has 0 atom stereocenters. The molecule has 1 saturated carbocycles. The second-order valence-electron chi connectivity index (χ2n) is 3.08. The van der Waals surface area contributed by atoms with Gasteiger partial charge in [0.25, 0.3) is 0 Å². The third kappa shape index (κ3) is 1.68. The van der Waals surface area contributed by atoms with Crippen LogP contribution >= 0.6 is 15.9 Å². The maximum atomic E-state index is 11.9. The molecular weight excluding hydrogens is 202 g/mol. The number of hydrogen-bond donors (Lipinski definition) is 0. The van der Waals surface area contributed by atoms with E-state index < -0.39 is 6.43 Å². The zero-order valence-electron chi connectivity index (χ0n) is 5.75. The molecule has 0 bridgehead atoms. The van der Waals surface area contributed by atoms with Gasteiger partial charge in [0, 0.05) is 11.8 Å². The third-order valence-corrected chi connectivity index (χ3v) is 3.47. The fourth-order valence-electron chi connectivity index (χ4n) is 1.40. The molecule has 1 rings (SSSR count). The van der Waals surface area contributed by atoms with Crippen LogP contribution in [0.1, 0.15) is 25.7 Å². The van der Waals surface area contributed by atoms with Crippen LogP contribution in [0.2, 0.25) is 0 Å². The molecule has 60 valence electrons. The molecule has 0 radical (unpaired) electrons. The van der Waals surface area contributed by atoms with Crippen LogP contribution in [0.25, 0.3) is 0 Å². The Morgan fingerprint density at radius 2 is 2.00 bits per heavy atom. The first-order valence-electron chi connectivity index (χ1n) is 3.53. The lowest BCUT2D eigenvalue weighted by Gasteiger charge is -2.40. The van der Waals surface area contributed by atoms with Gasteiger partial charge in [0.2, 0.25) is 6.43 Å². The van der Waals surface area contributed by atoms with E-state index in [1.54, 1.807) is 0 Å². The summed E-state index contributed by atoms with van der Waals surface area (Å²) in [7, 11) is 0. The van der Waals surface area contributed by atoms with Gasteiger partial charge < -0.3 is 0 Å². The molecule has 3 heteroatoms. The Kier molecular flexibility index (Phi) is 2.67. The van der Waals surface area contributed by atoms with Crippen molar-refractivity contribution in [2.24, 2.45) is 5.41 Å². The molecular formula is C7H11BrF2. The molecule has 10 heavy (non-hydrogen) atoms. The summed E-state index contributed by atoms with van der Waals surface area (Å²) in [5.41, 5.74) is -0.0475. The van der Waals surface area contributed by atoms with E-state index in [2.05, 4.69) is 15.9 Å². The minimum absolute atomic E-state index is 0.0475. The lowest BCUT2D eigenvalue weighted by molar-refractivity contribution is 0.0400. The molecule has 1 fully saturated rings. The van der Waals surface area contributed by atoms with Crippen molar-refractivity contribution < 1.29 is 8.78 Å². The van der Waals surface area contributed by atoms with Gasteiger partial charge in [-0.15, -0.1) is 0 Å². The minimum Gasteiger partial charge on any atom is -0.211 e. The molecule has 0 aromatic heterocycles. The van der Waals surface area contributed by atoms with Crippen molar-refractivity contribution in [2.75, 3.05) is 5.33 Å². The summed E-state index contributed by atoms with van der Waals surface area (Å²) in [5, 5.41) is 0.740. The molecule has 0 aliphatic heterocycles. The second-order valence-corrected chi connectivity index (χ2v) is 3.64. The SMILES string of the molecule is FC(F)CC1(CBr)CCC1. The van der Waals surface area contributed by atoms with E-state index in [1.165, 1.54) is 0 Å². The molecule has 0 aromatic rings. The summed E-state index contributed by atoms with van der Waals surface area (Å²) >= 11 is 3.28. The van der Waals surface area contributed by atoms with Gasteiger partial charge in [-0.1, -0.05) is 22.4 Å². The summed E-state index contributed by atoms with van der Waals surface area (Å²) in [6.07, 6.45) is 1.03. The Balaban J connectivity index is 2.33. The van der Waals surface area contributed by atoms with Crippen molar-refractivity contribution in [3.05, 3.63) is 0 Å². The second kappa shape index (κ2) is 3.16. The van der Waals surface area contributed by atoms with Crippen LogP contribution in [0, 0.1) is 5.41 Å². The van der Waals surface area contributed by atoms with Crippen molar-refractivity contribution in [3.63, 3.8) is 0 Å². The van der Waals surface area contributed by atoms with Gasteiger partial charge in [0.1, 0.15) is 0 Å². The fraction of sp³-hybridized carbons (Fsp3) is 1.00. The van der Waals surface area contributed by atoms with Gasteiger partial charge in [-0.05, 0) is 18.3 Å². The number of rotatable bonds is 3. The van der Waals surface area contributed by atoms with Crippen LogP contribution in [0.15, 0.2) is 0 Å². The maximum absolute atomic E-state index is 11.9. The van der Waals surface area contributed by atoms with Gasteiger partial charge in [-0.3, -0.25) is 0 Å². The van der Waals surface area contributed by atoms with Crippen molar-refractivity contribution in [2.45, 2.75) is 32.1 Å². The molecule has 0 amide bonds. The molecule has 0 saturated heterocycles. The lowest BCUT2D eigenvalue weighted by atomic mass is 9.68. The van der Waals surface area contributed by atoms with Crippen LogP contribution < -0.4 is 0 Å². The summed E-state index contributed by atoms with van der Waals surface area (Å²) in [6, 6.07) is 0. The summed E-state index contributed by atoms with van der Waals surface area (Å²) in [4.78, 5) is 0. The van der Waals surface area contributed by atoms with E-state index >= 15 is 0 Å². The molecule has 1 aliphatic rings. The van der Waals surface area contributed by atoms with E-state index in [-0.39, 0.29) is 11.8 Å². The van der Waals surface area contributed by atoms with Crippen LogP contribution in [-0.4, -0.2) is 11.8 Å². The van der Waals surface area contributed by atoms with Crippen molar-refractivity contribution in [3.8, 4) is 0 Å². The fourth-order valence-corrected chi connectivity index (χ4v) is 2.19. The number of alkyl halides is 3. The van der Waals surface area contributed by atoms with E-state index in [1.807, 2.05) is 0 Å². The third-order valence-electron chi connectivity index (χ3n) is 2.29. The largest absolute Gasteiger partial charge is 0.239 e. The summed E-state index contributed by atoms with van der Waals surface area (Å²) in [5.74, 6) is 0. The number of hydrogen-bond acceptors (Lipinski definition) is 0. The van der Waals surface area contributed by atoms with Crippen molar-refractivity contribution in [1.29, 1.82) is 0 Å². The average molecular weight is 213 g/mol. The Morgan fingerprint density at radius 3 is 2.10 bits per heavy atom. The first-order valence-corrected chi connectivity index (χ1v) is 4.65. The highest BCUT2D eigenvalue weighted by atomic mass is 79.9. The molecule has 0 unspecified atom stereocenters. The quantitative estimate of drug-likeness (QED) is 0.631. The van der Waals surface area contributed by atoms with E-state index in [0.717, 1.165) is 24.6 Å². The topological polar surface area (TPSA) is 0 Å². The van der Waals surface area contributed by atoms with E-state index in [4.69, 9.17) is 0 Å². The zero-order chi connectivity index (χ0) is 7.61. The molecule has 0 nitrogen and oxygen atoms in total. The summed E-state index contributed by atoms with van der Waals surface area (Å²) < 4.78 is 23.8. The molecule has 1 aliphatic carbocycles. The first kappa shape index (κ1) is 8.44. The predicted molar refractivity (Wildman–Crippen MR) is 40.7 cm³/mol. The highest BCUT2D eigenvalue weighted by Gasteiger charge is 2.38. The van der Waals surface area contributed by atoms with E-state index in [0.29, 0.717) is 0 Å². The van der Waals surface area contributed by atoms with Crippen LogP contribution in [0.5, 0.6) is 0 Å². The van der Waals surface area contributed by atoms with Gasteiger partial charge in [0.05, 0.1) is 0 Å². The van der Waals surface area contributed by atoms with Gasteiger partial charge in [0.15, 0.2) is 0 Å². The van der Waals surface area contributed by atoms with Crippen LogP contribution in [0.3, 0.4) is 0 Å². The minimum atomic E-state index is -2.13. The monoisotopic (exact) mass is 212 g/mol. The molecule has 0 N–H and O–H groups in total. The van der Waals surface area contributed by atoms with Crippen LogP contribution in [-0.2, 0) is 0 Å². The Morgan fingerprint density at radius 1 is 1.40 bits per heavy atom. The maximum Gasteiger partial charge on any atom is 0.239 e. The lowest BCUT2D eigenvalue weighted by Crippen LogP contribution is -2.33. The predicted octanol–water partition coefficient (Wildman–Crippen LogP) is 3.21. The smallest absolute Gasteiger partial charge is 0.211 e. The Bertz CT molecular complexity index is 105. The van der Waals surface area contributed by atoms with Gasteiger partial charge in [-0.2, -0.15) is 0 Å². The zero-order valence-corrected chi connectivity index (χ0v) is 7.33. The highest BCUT2D eigenvalue weighted by molar-refractivity contribution is 9.09. The standard InChI is InChI=1S/C7H11BrF2/c8-5-7(2-1-3-7)4-6(9)10/h6H,1-5H2. The first-order chi connectivity index (χ1) is 4.68. The molecule has 0 spiro atoms. The van der Waals surface area contributed by atoms with Gasteiger partial charge in [-0.25, -0.2) is 8.78 Å². The molecule has 0 heterocycles. The highest BCUT2D eigenvalue weighted by Crippen LogP contribution is 2.46. The van der Waals surface area contributed by atoms with Crippen molar-refractivity contribution in [1.82, 2.24) is 0 Å². The summed E-state index contributed by atoms with van der Waals surface area (Å²) in [6.45, 7) is 0. The average Bonchev–Trinajstić information content (AvgIpc) is 1.78. The number of halogens is 3. The van der Waals surface area contributed by atoms with E-state index in [9.17, 15) is 8.78 Å². The molecule has 0 aromatic carbocycles. The Labute approximate surface area is 68.1 Å². The normalized spacial score (nSPS) is 22.8.